The van der Waals surface area contributed by atoms with Crippen molar-refractivity contribution in [3.63, 3.8) is 0 Å². The molecule has 1 aliphatic heterocycles. The first-order valence-electron chi connectivity index (χ1n) is 6.10. The highest BCUT2D eigenvalue weighted by Gasteiger charge is 2.21. The van der Waals surface area contributed by atoms with Crippen LogP contribution in [0.1, 0.15) is 10.4 Å². The monoisotopic (exact) mass is 284 g/mol. The molecule has 0 unspecified atom stereocenters. The van der Waals surface area contributed by atoms with Crippen LogP contribution in [0.4, 0.5) is 0 Å². The molecule has 0 bridgehead atoms. The fourth-order valence-corrected chi connectivity index (χ4v) is 2.58. The molecule has 0 spiro atoms. The lowest BCUT2D eigenvalue weighted by atomic mass is 10.1. The Hall–Kier alpha value is -2.33. The van der Waals surface area contributed by atoms with E-state index in [0.29, 0.717) is 11.3 Å². The number of thiophene rings is 1. The average Bonchev–Trinajstić information content (AvgIpc) is 3.10. The molecule has 0 aliphatic carbocycles. The topological polar surface area (TPSA) is 35.5 Å². The SMILES string of the molecule is COc1ccc(C2=CC(=Cc3cccs3)C(=O)O2)cc1. The molecule has 3 rings (SSSR count). The average molecular weight is 284 g/mol. The van der Waals surface area contributed by atoms with E-state index in [-0.39, 0.29) is 5.97 Å². The summed E-state index contributed by atoms with van der Waals surface area (Å²) < 4.78 is 10.4. The third-order valence-electron chi connectivity index (χ3n) is 2.94. The van der Waals surface area contributed by atoms with Gasteiger partial charge in [-0.3, -0.25) is 0 Å². The van der Waals surface area contributed by atoms with Crippen molar-refractivity contribution in [2.45, 2.75) is 0 Å². The summed E-state index contributed by atoms with van der Waals surface area (Å²) in [6, 6.07) is 11.3. The first-order valence-corrected chi connectivity index (χ1v) is 6.98. The number of esters is 1. The number of benzene rings is 1. The van der Waals surface area contributed by atoms with Gasteiger partial charge in [-0.05, 0) is 47.9 Å². The molecular formula is C16H12O3S. The molecule has 20 heavy (non-hydrogen) atoms. The Labute approximate surface area is 120 Å². The van der Waals surface area contributed by atoms with Crippen LogP contribution in [0.2, 0.25) is 0 Å². The molecule has 0 atom stereocenters. The molecule has 1 aromatic heterocycles. The van der Waals surface area contributed by atoms with Gasteiger partial charge in [0.05, 0.1) is 12.7 Å². The molecule has 0 fully saturated rings. The van der Waals surface area contributed by atoms with Crippen LogP contribution in [0, 0.1) is 0 Å². The van der Waals surface area contributed by atoms with Gasteiger partial charge >= 0.3 is 5.97 Å². The van der Waals surface area contributed by atoms with Crippen LogP contribution in [0.15, 0.2) is 53.4 Å². The van der Waals surface area contributed by atoms with Gasteiger partial charge in [-0.15, -0.1) is 11.3 Å². The fourth-order valence-electron chi connectivity index (χ4n) is 1.91. The number of ether oxygens (including phenoxy) is 2. The van der Waals surface area contributed by atoms with Crippen LogP contribution < -0.4 is 4.74 Å². The first-order chi connectivity index (χ1) is 9.76. The molecule has 2 aromatic rings. The van der Waals surface area contributed by atoms with Crippen LogP contribution in [-0.4, -0.2) is 13.1 Å². The fraction of sp³-hybridized carbons (Fsp3) is 0.0625. The number of methoxy groups -OCH3 is 1. The summed E-state index contributed by atoms with van der Waals surface area (Å²) in [5, 5.41) is 1.97. The van der Waals surface area contributed by atoms with Crippen LogP contribution >= 0.6 is 11.3 Å². The van der Waals surface area contributed by atoms with Gasteiger partial charge < -0.3 is 9.47 Å². The zero-order valence-electron chi connectivity index (χ0n) is 10.8. The van der Waals surface area contributed by atoms with Gasteiger partial charge in [-0.25, -0.2) is 4.79 Å². The maximum Gasteiger partial charge on any atom is 0.343 e. The summed E-state index contributed by atoms with van der Waals surface area (Å²) in [6.07, 6.45) is 3.60. The van der Waals surface area contributed by atoms with Gasteiger partial charge in [0.25, 0.3) is 0 Å². The van der Waals surface area contributed by atoms with E-state index in [1.165, 1.54) is 0 Å². The Kier molecular flexibility index (Phi) is 3.39. The molecule has 4 heteroatoms. The van der Waals surface area contributed by atoms with Crippen LogP contribution in [0.5, 0.6) is 5.75 Å². The summed E-state index contributed by atoms with van der Waals surface area (Å²) in [5.74, 6) is 1.03. The van der Waals surface area contributed by atoms with E-state index < -0.39 is 0 Å². The van der Waals surface area contributed by atoms with E-state index >= 15 is 0 Å². The van der Waals surface area contributed by atoms with Crippen molar-refractivity contribution >= 4 is 29.1 Å². The van der Waals surface area contributed by atoms with Crippen LogP contribution in [0.25, 0.3) is 11.8 Å². The van der Waals surface area contributed by atoms with Crippen molar-refractivity contribution in [2.24, 2.45) is 0 Å². The second kappa shape index (κ2) is 5.35. The molecule has 0 amide bonds. The van der Waals surface area contributed by atoms with E-state index in [0.717, 1.165) is 16.2 Å². The van der Waals surface area contributed by atoms with E-state index in [2.05, 4.69) is 0 Å². The van der Waals surface area contributed by atoms with E-state index in [1.807, 2.05) is 47.9 Å². The zero-order chi connectivity index (χ0) is 13.9. The number of hydrogen-bond donors (Lipinski definition) is 0. The molecule has 0 N–H and O–H groups in total. The van der Waals surface area contributed by atoms with E-state index in [9.17, 15) is 4.79 Å². The maximum atomic E-state index is 11.8. The van der Waals surface area contributed by atoms with Crippen molar-refractivity contribution in [3.8, 4) is 5.75 Å². The Balaban J connectivity index is 1.89. The third-order valence-corrected chi connectivity index (χ3v) is 3.76. The highest BCUT2D eigenvalue weighted by Crippen LogP contribution is 2.29. The highest BCUT2D eigenvalue weighted by molar-refractivity contribution is 7.10. The molecule has 3 nitrogen and oxygen atoms in total. The summed E-state index contributed by atoms with van der Waals surface area (Å²) in [6.45, 7) is 0. The first kappa shape index (κ1) is 12.7. The zero-order valence-corrected chi connectivity index (χ0v) is 11.6. The van der Waals surface area contributed by atoms with Gasteiger partial charge in [0.15, 0.2) is 0 Å². The summed E-state index contributed by atoms with van der Waals surface area (Å²) in [5.41, 5.74) is 1.42. The maximum absolute atomic E-state index is 11.8. The third kappa shape index (κ3) is 2.51. The lowest BCUT2D eigenvalue weighted by molar-refractivity contribution is -0.130. The molecular weight excluding hydrogens is 272 g/mol. The predicted octanol–water partition coefficient (Wildman–Crippen LogP) is 3.74. The van der Waals surface area contributed by atoms with Crippen molar-refractivity contribution in [1.29, 1.82) is 0 Å². The van der Waals surface area contributed by atoms with E-state index in [1.54, 1.807) is 24.5 Å². The van der Waals surface area contributed by atoms with E-state index in [4.69, 9.17) is 9.47 Å². The van der Waals surface area contributed by atoms with Crippen LogP contribution in [-0.2, 0) is 9.53 Å². The minimum absolute atomic E-state index is 0.316. The number of carbonyl (C=O) groups excluding carboxylic acids is 1. The number of hydrogen-bond acceptors (Lipinski definition) is 4. The van der Waals surface area contributed by atoms with Gasteiger partial charge in [0.2, 0.25) is 0 Å². The van der Waals surface area contributed by atoms with Crippen molar-refractivity contribution < 1.29 is 14.3 Å². The molecule has 100 valence electrons. The minimum atomic E-state index is -0.316. The van der Waals surface area contributed by atoms with Gasteiger partial charge in [0, 0.05) is 10.4 Å². The molecule has 0 saturated heterocycles. The smallest absolute Gasteiger partial charge is 0.343 e. The standard InChI is InChI=1S/C16H12O3S/c1-18-13-6-4-11(5-7-13)15-10-12(16(17)19-15)9-14-3-2-8-20-14/h2-10H,1H3. The highest BCUT2D eigenvalue weighted by atomic mass is 32.1. The van der Waals surface area contributed by atoms with Gasteiger partial charge in [-0.2, -0.15) is 0 Å². The number of cyclic esters (lactones) is 1. The van der Waals surface area contributed by atoms with Crippen LogP contribution in [0.3, 0.4) is 0 Å². The summed E-state index contributed by atoms with van der Waals surface area (Å²) in [7, 11) is 1.62. The molecule has 0 saturated carbocycles. The largest absolute Gasteiger partial charge is 0.497 e. The predicted molar refractivity (Wildman–Crippen MR) is 79.4 cm³/mol. The van der Waals surface area contributed by atoms with Crippen molar-refractivity contribution in [2.75, 3.05) is 7.11 Å². The molecule has 2 heterocycles. The lowest BCUT2D eigenvalue weighted by Gasteiger charge is -2.03. The van der Waals surface area contributed by atoms with Crippen molar-refractivity contribution in [3.05, 3.63) is 63.9 Å². The quantitative estimate of drug-likeness (QED) is 0.636. The Morgan fingerprint density at radius 1 is 1.20 bits per heavy atom. The number of rotatable bonds is 3. The molecule has 1 aromatic carbocycles. The summed E-state index contributed by atoms with van der Waals surface area (Å²) >= 11 is 1.58. The molecule has 0 radical (unpaired) electrons. The second-order valence-corrected chi connectivity index (χ2v) is 5.22. The summed E-state index contributed by atoms with van der Waals surface area (Å²) in [4.78, 5) is 12.9. The Morgan fingerprint density at radius 3 is 2.65 bits per heavy atom. The number of carbonyl (C=O) groups is 1. The van der Waals surface area contributed by atoms with Gasteiger partial charge in [-0.1, -0.05) is 6.07 Å². The Bertz CT molecular complexity index is 679. The second-order valence-electron chi connectivity index (χ2n) is 4.24. The lowest BCUT2D eigenvalue weighted by Crippen LogP contribution is -1.96. The van der Waals surface area contributed by atoms with Crippen molar-refractivity contribution in [1.82, 2.24) is 0 Å². The van der Waals surface area contributed by atoms with Gasteiger partial charge in [0.1, 0.15) is 11.5 Å². The Morgan fingerprint density at radius 2 is 2.00 bits per heavy atom. The molecule has 1 aliphatic rings. The minimum Gasteiger partial charge on any atom is -0.497 e. The normalized spacial score (nSPS) is 16.1.